The first kappa shape index (κ1) is 15.7. The normalized spacial score (nSPS) is 19.4. The van der Waals surface area contributed by atoms with E-state index in [2.05, 4.69) is 69.5 Å². The quantitative estimate of drug-likeness (QED) is 0.803. The number of aliphatic imine (C=N–C) groups is 1. The molecule has 1 aliphatic heterocycles. The number of nitrogens with one attached hydrogen (secondary N) is 2. The third-order valence-corrected chi connectivity index (χ3v) is 3.89. The summed E-state index contributed by atoms with van der Waals surface area (Å²) in [6.07, 6.45) is 3.43. The summed E-state index contributed by atoms with van der Waals surface area (Å²) >= 11 is 0. The van der Waals surface area contributed by atoms with Crippen molar-refractivity contribution in [2.75, 3.05) is 10.6 Å². The van der Waals surface area contributed by atoms with Crippen molar-refractivity contribution < 1.29 is 4.42 Å². The fourth-order valence-electron chi connectivity index (χ4n) is 2.71. The molecule has 0 amide bonds. The average molecular weight is 311 g/mol. The second kappa shape index (κ2) is 5.76. The zero-order valence-electron chi connectivity index (χ0n) is 14.5. The summed E-state index contributed by atoms with van der Waals surface area (Å²) in [4.78, 5) is 4.86. The van der Waals surface area contributed by atoms with Gasteiger partial charge in [-0.2, -0.15) is 0 Å². The number of fused-ring (bicyclic) bond motifs is 1. The van der Waals surface area contributed by atoms with Crippen LogP contribution in [-0.4, -0.2) is 11.4 Å². The Hall–Kier alpha value is -2.23. The molecule has 0 radical (unpaired) electrons. The van der Waals surface area contributed by atoms with Gasteiger partial charge in [0.15, 0.2) is 0 Å². The summed E-state index contributed by atoms with van der Waals surface area (Å²) in [5, 5.41) is 6.94. The van der Waals surface area contributed by atoms with Crippen LogP contribution in [0, 0.1) is 0 Å². The monoisotopic (exact) mass is 311 g/mol. The van der Waals surface area contributed by atoms with Crippen LogP contribution in [0.15, 0.2) is 46.2 Å². The van der Waals surface area contributed by atoms with Crippen LogP contribution in [0.2, 0.25) is 0 Å². The second-order valence-electron chi connectivity index (χ2n) is 7.39. The van der Waals surface area contributed by atoms with Crippen molar-refractivity contribution in [3.63, 3.8) is 0 Å². The fraction of sp³-hybridized carbons (Fsp3) is 0.421. The first-order chi connectivity index (χ1) is 10.8. The highest BCUT2D eigenvalue weighted by atomic mass is 16.3. The van der Waals surface area contributed by atoms with E-state index >= 15 is 0 Å². The van der Waals surface area contributed by atoms with Crippen LogP contribution >= 0.6 is 0 Å². The molecule has 1 aliphatic rings. The molecule has 1 unspecified atom stereocenters. The number of benzene rings is 1. The second-order valence-corrected chi connectivity index (χ2v) is 7.39. The van der Waals surface area contributed by atoms with Crippen LogP contribution in [-0.2, 0) is 0 Å². The molecular weight excluding hydrogens is 286 g/mol. The molecule has 2 N–H and O–H groups in total. The number of hydrogen-bond acceptors (Lipinski definition) is 3. The molecule has 3 rings (SSSR count). The largest absolute Gasteiger partial charge is 0.468 e. The number of amidine groups is 1. The van der Waals surface area contributed by atoms with Crippen LogP contribution in [0.5, 0.6) is 0 Å². The molecule has 4 nitrogen and oxygen atoms in total. The number of rotatable bonds is 2. The van der Waals surface area contributed by atoms with Crippen LogP contribution < -0.4 is 10.6 Å². The highest BCUT2D eigenvalue weighted by molar-refractivity contribution is 6.06. The Bertz CT molecular complexity index is 705. The van der Waals surface area contributed by atoms with Crippen LogP contribution in [0.4, 0.5) is 11.4 Å². The van der Waals surface area contributed by atoms with Gasteiger partial charge >= 0.3 is 0 Å². The number of anilines is 2. The molecule has 1 atom stereocenters. The molecule has 0 fully saturated rings. The van der Waals surface area contributed by atoms with E-state index in [4.69, 9.17) is 9.41 Å². The Morgan fingerprint density at radius 2 is 1.70 bits per heavy atom. The van der Waals surface area contributed by atoms with Crippen LogP contribution in [0.1, 0.15) is 57.7 Å². The van der Waals surface area contributed by atoms with Gasteiger partial charge in [-0.15, -0.1) is 0 Å². The molecule has 0 saturated heterocycles. The molecule has 122 valence electrons. The maximum absolute atomic E-state index is 5.30. The van der Waals surface area contributed by atoms with Gasteiger partial charge in [-0.1, -0.05) is 38.1 Å². The lowest BCUT2D eigenvalue weighted by Crippen LogP contribution is -2.34. The van der Waals surface area contributed by atoms with E-state index in [9.17, 15) is 0 Å². The zero-order valence-corrected chi connectivity index (χ0v) is 14.5. The third-order valence-electron chi connectivity index (χ3n) is 3.89. The Labute approximate surface area is 138 Å². The SMILES string of the molecule is CC(C)c1ccc(C2Nc3cocc3NC2=NC(C)(C)C)cc1. The van der Waals surface area contributed by atoms with Gasteiger partial charge in [0.1, 0.15) is 30.1 Å². The van der Waals surface area contributed by atoms with Crippen molar-refractivity contribution in [2.24, 2.45) is 4.99 Å². The van der Waals surface area contributed by atoms with E-state index in [-0.39, 0.29) is 11.6 Å². The van der Waals surface area contributed by atoms with Crippen LogP contribution in [0.25, 0.3) is 0 Å². The summed E-state index contributed by atoms with van der Waals surface area (Å²) in [6, 6.07) is 8.75. The van der Waals surface area contributed by atoms with Crippen molar-refractivity contribution in [2.45, 2.75) is 52.1 Å². The number of hydrogen-bond donors (Lipinski definition) is 2. The van der Waals surface area contributed by atoms with Crippen molar-refractivity contribution >= 4 is 17.2 Å². The topological polar surface area (TPSA) is 49.6 Å². The Morgan fingerprint density at radius 1 is 1.04 bits per heavy atom. The first-order valence-electron chi connectivity index (χ1n) is 8.13. The summed E-state index contributed by atoms with van der Waals surface area (Å²) in [5.41, 5.74) is 4.29. The van der Waals surface area contributed by atoms with E-state index in [0.717, 1.165) is 17.2 Å². The number of furan rings is 1. The van der Waals surface area contributed by atoms with Gasteiger partial charge < -0.3 is 15.1 Å². The molecule has 0 saturated carbocycles. The summed E-state index contributed by atoms with van der Waals surface area (Å²) in [7, 11) is 0. The van der Waals surface area contributed by atoms with Crippen molar-refractivity contribution in [3.8, 4) is 0 Å². The lowest BCUT2D eigenvalue weighted by Gasteiger charge is -2.30. The summed E-state index contributed by atoms with van der Waals surface area (Å²) < 4.78 is 5.30. The predicted octanol–water partition coefficient (Wildman–Crippen LogP) is 5.18. The van der Waals surface area contributed by atoms with Gasteiger partial charge in [0.2, 0.25) is 0 Å². The standard InChI is InChI=1S/C19H25N3O/c1-12(2)13-6-8-14(9-7-13)17-18(22-19(3,4)5)21-16-11-23-10-15(16)20-17/h6-12,17,20H,1-5H3,(H,21,22). The molecule has 0 aliphatic carbocycles. The molecular formula is C19H25N3O. The maximum atomic E-state index is 5.30. The van der Waals surface area contributed by atoms with Crippen molar-refractivity contribution in [1.82, 2.24) is 0 Å². The lowest BCUT2D eigenvalue weighted by molar-refractivity contribution is 0.569. The minimum atomic E-state index is -0.151. The van der Waals surface area contributed by atoms with E-state index in [1.54, 1.807) is 12.5 Å². The van der Waals surface area contributed by atoms with Gasteiger partial charge in [0.05, 0.1) is 11.2 Å². The highest BCUT2D eigenvalue weighted by Gasteiger charge is 2.28. The fourth-order valence-corrected chi connectivity index (χ4v) is 2.71. The smallest absolute Gasteiger partial charge is 0.129 e. The highest BCUT2D eigenvalue weighted by Crippen LogP contribution is 2.34. The van der Waals surface area contributed by atoms with Gasteiger partial charge in [-0.05, 0) is 37.8 Å². The minimum absolute atomic E-state index is 0.000497. The predicted molar refractivity (Wildman–Crippen MR) is 96.4 cm³/mol. The summed E-state index contributed by atoms with van der Waals surface area (Å²) in [6.45, 7) is 10.7. The van der Waals surface area contributed by atoms with E-state index in [0.29, 0.717) is 5.92 Å². The van der Waals surface area contributed by atoms with Crippen molar-refractivity contribution in [1.29, 1.82) is 0 Å². The maximum Gasteiger partial charge on any atom is 0.129 e. The molecule has 1 aromatic heterocycles. The van der Waals surface area contributed by atoms with E-state index < -0.39 is 0 Å². The first-order valence-corrected chi connectivity index (χ1v) is 8.13. The van der Waals surface area contributed by atoms with E-state index in [1.807, 2.05) is 0 Å². The molecule has 0 bridgehead atoms. The molecule has 0 spiro atoms. The third kappa shape index (κ3) is 3.41. The van der Waals surface area contributed by atoms with Gasteiger partial charge in [0, 0.05) is 0 Å². The van der Waals surface area contributed by atoms with Crippen LogP contribution in [0.3, 0.4) is 0 Å². The van der Waals surface area contributed by atoms with Gasteiger partial charge in [0.25, 0.3) is 0 Å². The Kier molecular flexibility index (Phi) is 3.92. The van der Waals surface area contributed by atoms with Crippen molar-refractivity contribution in [3.05, 3.63) is 47.9 Å². The van der Waals surface area contributed by atoms with E-state index in [1.165, 1.54) is 11.1 Å². The lowest BCUT2D eigenvalue weighted by atomic mass is 9.97. The average Bonchev–Trinajstić information content (AvgIpc) is 2.92. The minimum Gasteiger partial charge on any atom is -0.468 e. The number of nitrogens with zero attached hydrogens (tertiary/aromatic N) is 1. The molecule has 2 heterocycles. The van der Waals surface area contributed by atoms with Gasteiger partial charge in [-0.3, -0.25) is 4.99 Å². The molecule has 2 aromatic rings. The molecule has 4 heteroatoms. The Balaban J connectivity index is 1.98. The zero-order chi connectivity index (χ0) is 16.6. The Morgan fingerprint density at radius 3 is 2.30 bits per heavy atom. The molecule has 1 aromatic carbocycles. The van der Waals surface area contributed by atoms with Gasteiger partial charge in [-0.25, -0.2) is 0 Å². The summed E-state index contributed by atoms with van der Waals surface area (Å²) in [5.74, 6) is 1.45. The molecule has 23 heavy (non-hydrogen) atoms.